The highest BCUT2D eigenvalue weighted by molar-refractivity contribution is 6.04. The maximum absolute atomic E-state index is 12.0. The summed E-state index contributed by atoms with van der Waals surface area (Å²) >= 11 is 0. The average Bonchev–Trinajstić information content (AvgIpc) is 2.54. The SMILES string of the molecule is N#Cc1ccc(C(=O)Nc2ccc(OCCO)cc2)cc1. The van der Waals surface area contributed by atoms with Gasteiger partial charge in [-0.05, 0) is 48.5 Å². The van der Waals surface area contributed by atoms with Gasteiger partial charge < -0.3 is 15.2 Å². The molecule has 0 radical (unpaired) electrons. The summed E-state index contributed by atoms with van der Waals surface area (Å²) < 4.78 is 5.23. The number of aliphatic hydroxyl groups is 1. The van der Waals surface area contributed by atoms with E-state index >= 15 is 0 Å². The fourth-order valence-corrected chi connectivity index (χ4v) is 1.70. The van der Waals surface area contributed by atoms with Crippen LogP contribution < -0.4 is 10.1 Å². The van der Waals surface area contributed by atoms with Crippen LogP contribution in [0, 0.1) is 11.3 Å². The second kappa shape index (κ2) is 7.08. The third kappa shape index (κ3) is 4.06. The second-order valence-electron chi connectivity index (χ2n) is 4.24. The molecular weight excluding hydrogens is 268 g/mol. The summed E-state index contributed by atoms with van der Waals surface area (Å²) in [7, 11) is 0. The second-order valence-corrected chi connectivity index (χ2v) is 4.24. The third-order valence-corrected chi connectivity index (χ3v) is 2.75. The van der Waals surface area contributed by atoms with Crippen molar-refractivity contribution < 1.29 is 14.6 Å². The van der Waals surface area contributed by atoms with Crippen LogP contribution in [0.4, 0.5) is 5.69 Å². The molecule has 0 aliphatic carbocycles. The molecule has 21 heavy (non-hydrogen) atoms. The molecule has 2 rings (SSSR count). The van der Waals surface area contributed by atoms with Crippen LogP contribution in [0.25, 0.3) is 0 Å². The number of carbonyl (C=O) groups excluding carboxylic acids is 1. The summed E-state index contributed by atoms with van der Waals surface area (Å²) in [5.74, 6) is 0.379. The Morgan fingerprint density at radius 2 is 1.81 bits per heavy atom. The molecule has 0 bridgehead atoms. The number of hydrogen-bond donors (Lipinski definition) is 2. The number of aliphatic hydroxyl groups excluding tert-OH is 1. The molecule has 0 saturated carbocycles. The molecule has 2 N–H and O–H groups in total. The first-order valence-corrected chi connectivity index (χ1v) is 6.38. The molecule has 0 atom stereocenters. The molecule has 0 fully saturated rings. The lowest BCUT2D eigenvalue weighted by molar-refractivity contribution is 0.102. The van der Waals surface area contributed by atoms with Crippen LogP contribution >= 0.6 is 0 Å². The van der Waals surface area contributed by atoms with Gasteiger partial charge in [0.1, 0.15) is 12.4 Å². The highest BCUT2D eigenvalue weighted by Gasteiger charge is 2.06. The van der Waals surface area contributed by atoms with Gasteiger partial charge in [-0.1, -0.05) is 0 Å². The number of nitriles is 1. The van der Waals surface area contributed by atoms with Crippen molar-refractivity contribution in [3.63, 3.8) is 0 Å². The van der Waals surface area contributed by atoms with Gasteiger partial charge in [0, 0.05) is 11.3 Å². The lowest BCUT2D eigenvalue weighted by atomic mass is 10.1. The first-order chi connectivity index (χ1) is 10.2. The Bertz CT molecular complexity index is 643. The number of rotatable bonds is 5. The van der Waals surface area contributed by atoms with Crippen molar-refractivity contribution in [3.05, 3.63) is 59.7 Å². The molecule has 0 heterocycles. The van der Waals surface area contributed by atoms with E-state index in [1.54, 1.807) is 48.5 Å². The third-order valence-electron chi connectivity index (χ3n) is 2.75. The molecule has 0 spiro atoms. The standard InChI is InChI=1S/C16H14N2O3/c17-11-12-1-3-13(4-2-12)16(20)18-14-5-7-15(8-6-14)21-10-9-19/h1-8,19H,9-10H2,(H,18,20). The zero-order chi connectivity index (χ0) is 15.1. The first-order valence-electron chi connectivity index (χ1n) is 6.38. The zero-order valence-corrected chi connectivity index (χ0v) is 11.2. The zero-order valence-electron chi connectivity index (χ0n) is 11.2. The predicted octanol–water partition coefficient (Wildman–Crippen LogP) is 2.18. The number of ether oxygens (including phenoxy) is 1. The Balaban J connectivity index is 2.00. The van der Waals surface area contributed by atoms with E-state index in [0.717, 1.165) is 0 Å². The number of carbonyl (C=O) groups is 1. The number of nitrogens with zero attached hydrogens (tertiary/aromatic N) is 1. The van der Waals surface area contributed by atoms with Crippen molar-refractivity contribution in [1.29, 1.82) is 5.26 Å². The van der Waals surface area contributed by atoms with E-state index in [9.17, 15) is 4.79 Å². The van der Waals surface area contributed by atoms with Gasteiger partial charge in [0.25, 0.3) is 5.91 Å². The minimum absolute atomic E-state index is 0.0445. The summed E-state index contributed by atoms with van der Waals surface area (Å²) in [4.78, 5) is 12.0. The molecule has 0 saturated heterocycles. The highest BCUT2D eigenvalue weighted by atomic mass is 16.5. The summed E-state index contributed by atoms with van der Waals surface area (Å²) in [5, 5.41) is 20.1. The molecule has 0 aliphatic rings. The molecule has 5 nitrogen and oxygen atoms in total. The van der Waals surface area contributed by atoms with Gasteiger partial charge in [-0.15, -0.1) is 0 Å². The van der Waals surface area contributed by atoms with Gasteiger partial charge in [0.15, 0.2) is 0 Å². The van der Waals surface area contributed by atoms with Gasteiger partial charge in [-0.3, -0.25) is 4.79 Å². The Kier molecular flexibility index (Phi) is 4.91. The fraction of sp³-hybridized carbons (Fsp3) is 0.125. The Morgan fingerprint density at radius 1 is 1.14 bits per heavy atom. The molecule has 106 valence electrons. The van der Waals surface area contributed by atoms with E-state index in [2.05, 4.69) is 5.32 Å². The average molecular weight is 282 g/mol. The summed E-state index contributed by atoms with van der Waals surface area (Å²) in [5.41, 5.74) is 1.63. The smallest absolute Gasteiger partial charge is 0.255 e. The van der Waals surface area contributed by atoms with Gasteiger partial charge in [-0.25, -0.2) is 0 Å². The topological polar surface area (TPSA) is 82.4 Å². The van der Waals surface area contributed by atoms with Gasteiger partial charge in [0.05, 0.1) is 18.2 Å². The van der Waals surface area contributed by atoms with Crippen LogP contribution in [0.5, 0.6) is 5.75 Å². The maximum Gasteiger partial charge on any atom is 0.255 e. The lowest BCUT2D eigenvalue weighted by Gasteiger charge is -2.07. The molecule has 2 aromatic rings. The van der Waals surface area contributed by atoms with Crippen LogP contribution in [-0.4, -0.2) is 24.2 Å². The molecule has 5 heteroatoms. The molecule has 0 aromatic heterocycles. The molecular formula is C16H14N2O3. The van der Waals surface area contributed by atoms with E-state index < -0.39 is 0 Å². The van der Waals surface area contributed by atoms with E-state index in [4.69, 9.17) is 15.1 Å². The summed E-state index contributed by atoms with van der Waals surface area (Å²) in [6.45, 7) is 0.189. The van der Waals surface area contributed by atoms with Crippen molar-refractivity contribution in [2.75, 3.05) is 18.5 Å². The van der Waals surface area contributed by atoms with Crippen LogP contribution in [0.1, 0.15) is 15.9 Å². The maximum atomic E-state index is 12.0. The Hall–Kier alpha value is -2.84. The van der Waals surface area contributed by atoms with Crippen molar-refractivity contribution >= 4 is 11.6 Å². The normalized spacial score (nSPS) is 9.71. The predicted molar refractivity (Wildman–Crippen MR) is 78.1 cm³/mol. The van der Waals surface area contributed by atoms with Gasteiger partial charge in [-0.2, -0.15) is 5.26 Å². The Labute approximate surface area is 122 Å². The monoisotopic (exact) mass is 282 g/mol. The summed E-state index contributed by atoms with van der Waals surface area (Å²) in [6, 6.07) is 15.3. The molecule has 0 aliphatic heterocycles. The largest absolute Gasteiger partial charge is 0.491 e. The van der Waals surface area contributed by atoms with Crippen molar-refractivity contribution in [3.8, 4) is 11.8 Å². The van der Waals surface area contributed by atoms with Crippen LogP contribution in [0.15, 0.2) is 48.5 Å². The Morgan fingerprint density at radius 3 is 2.38 bits per heavy atom. The van der Waals surface area contributed by atoms with Crippen LogP contribution in [-0.2, 0) is 0 Å². The van der Waals surface area contributed by atoms with E-state index in [-0.39, 0.29) is 19.1 Å². The highest BCUT2D eigenvalue weighted by Crippen LogP contribution is 2.16. The fourth-order valence-electron chi connectivity index (χ4n) is 1.70. The number of hydrogen-bond acceptors (Lipinski definition) is 4. The van der Waals surface area contributed by atoms with E-state index in [1.807, 2.05) is 6.07 Å². The quantitative estimate of drug-likeness (QED) is 0.880. The minimum Gasteiger partial charge on any atom is -0.491 e. The number of nitrogens with one attached hydrogen (secondary N) is 1. The number of benzene rings is 2. The lowest BCUT2D eigenvalue weighted by Crippen LogP contribution is -2.11. The van der Waals surface area contributed by atoms with Crippen LogP contribution in [0.2, 0.25) is 0 Å². The minimum atomic E-state index is -0.247. The molecule has 2 aromatic carbocycles. The van der Waals surface area contributed by atoms with Gasteiger partial charge >= 0.3 is 0 Å². The van der Waals surface area contributed by atoms with Crippen molar-refractivity contribution in [1.82, 2.24) is 0 Å². The first kappa shape index (κ1) is 14.6. The molecule has 0 unspecified atom stereocenters. The molecule has 1 amide bonds. The van der Waals surface area contributed by atoms with Crippen molar-refractivity contribution in [2.45, 2.75) is 0 Å². The van der Waals surface area contributed by atoms with Crippen LogP contribution in [0.3, 0.4) is 0 Å². The van der Waals surface area contributed by atoms with E-state index in [0.29, 0.717) is 22.6 Å². The van der Waals surface area contributed by atoms with Crippen molar-refractivity contribution in [2.24, 2.45) is 0 Å². The number of amides is 1. The van der Waals surface area contributed by atoms with Gasteiger partial charge in [0.2, 0.25) is 0 Å². The number of anilines is 1. The summed E-state index contributed by atoms with van der Waals surface area (Å²) in [6.07, 6.45) is 0. The van der Waals surface area contributed by atoms with E-state index in [1.165, 1.54) is 0 Å².